The van der Waals surface area contributed by atoms with Crippen LogP contribution in [0.1, 0.15) is 5.56 Å². The molecule has 3 heterocycles. The lowest BCUT2D eigenvalue weighted by Gasteiger charge is -2.06. The van der Waals surface area contributed by atoms with E-state index in [9.17, 15) is 17.2 Å². The van der Waals surface area contributed by atoms with Crippen molar-refractivity contribution in [2.24, 2.45) is 0 Å². The van der Waals surface area contributed by atoms with Gasteiger partial charge in [-0.3, -0.25) is 0 Å². The molecule has 0 atom stereocenters. The van der Waals surface area contributed by atoms with E-state index in [0.29, 0.717) is 5.56 Å². The minimum absolute atomic E-state index is 0.0512. The lowest BCUT2D eigenvalue weighted by molar-refractivity contribution is 0.587. The highest BCUT2D eigenvalue weighted by atomic mass is 32.2. The van der Waals surface area contributed by atoms with Gasteiger partial charge < -0.3 is 0 Å². The van der Waals surface area contributed by atoms with Crippen LogP contribution in [0.5, 0.6) is 0 Å². The highest BCUT2D eigenvalue weighted by Gasteiger charge is 2.22. The Hall–Kier alpha value is -3.20. The van der Waals surface area contributed by atoms with Gasteiger partial charge in [-0.25, -0.2) is 36.1 Å². The fourth-order valence-corrected chi connectivity index (χ4v) is 4.18. The number of rotatable bonds is 4. The predicted octanol–water partition coefficient (Wildman–Crippen LogP) is 3.15. The Morgan fingerprint density at radius 1 is 0.926 bits per heavy atom. The van der Waals surface area contributed by atoms with E-state index >= 15 is 0 Å². The van der Waals surface area contributed by atoms with Gasteiger partial charge in [0.2, 0.25) is 10.0 Å². The van der Waals surface area contributed by atoms with E-state index in [1.165, 1.54) is 6.20 Å². The number of hydrogen-bond acceptors (Lipinski definition) is 5. The van der Waals surface area contributed by atoms with Gasteiger partial charge in [0.05, 0.1) is 24.3 Å². The van der Waals surface area contributed by atoms with Gasteiger partial charge in [-0.1, -0.05) is 30.3 Å². The molecule has 0 unspecified atom stereocenters. The second kappa shape index (κ2) is 6.51. The number of pyridine rings is 1. The fraction of sp³-hybridized carbons (Fsp3) is 0.0556. The third-order valence-corrected chi connectivity index (χ3v) is 5.51. The summed E-state index contributed by atoms with van der Waals surface area (Å²) in [5, 5.41) is 0.221. The third-order valence-electron chi connectivity index (χ3n) is 3.93. The molecule has 27 heavy (non-hydrogen) atoms. The first-order valence-electron chi connectivity index (χ1n) is 7.86. The molecule has 4 aromatic rings. The van der Waals surface area contributed by atoms with Crippen LogP contribution in [-0.2, 0) is 15.8 Å². The molecule has 0 spiro atoms. The summed E-state index contributed by atoms with van der Waals surface area (Å²) in [6, 6.07) is 9.81. The Bertz CT molecular complexity index is 1220. The fourth-order valence-electron chi connectivity index (χ4n) is 2.75. The average molecular weight is 386 g/mol. The highest BCUT2D eigenvalue weighted by molar-refractivity contribution is 7.89. The molecule has 0 aliphatic carbocycles. The first-order valence-corrected chi connectivity index (χ1v) is 9.47. The Labute approximate surface area is 153 Å². The van der Waals surface area contributed by atoms with Gasteiger partial charge in [0.25, 0.3) is 0 Å². The molecule has 0 bridgehead atoms. The Morgan fingerprint density at radius 2 is 1.59 bits per heavy atom. The third kappa shape index (κ3) is 3.28. The Morgan fingerprint density at radius 3 is 2.30 bits per heavy atom. The minimum atomic E-state index is -3.85. The second-order valence-electron chi connectivity index (χ2n) is 5.83. The topological polar surface area (TPSA) is 77.7 Å². The van der Waals surface area contributed by atoms with Crippen LogP contribution in [0.25, 0.3) is 22.4 Å². The molecule has 6 nitrogen and oxygen atoms in total. The first-order chi connectivity index (χ1) is 12.9. The largest absolute Gasteiger partial charge is 0.244 e. The molecule has 3 aromatic heterocycles. The highest BCUT2D eigenvalue weighted by Crippen LogP contribution is 2.29. The summed E-state index contributed by atoms with van der Waals surface area (Å²) >= 11 is 0. The number of fused-ring (bicyclic) bond motifs is 1. The normalized spacial score (nSPS) is 11.8. The smallest absolute Gasteiger partial charge is 0.234 e. The van der Waals surface area contributed by atoms with Crippen molar-refractivity contribution in [1.82, 2.24) is 18.9 Å². The molecule has 0 saturated carbocycles. The minimum Gasteiger partial charge on any atom is -0.234 e. The van der Waals surface area contributed by atoms with Gasteiger partial charge in [0.15, 0.2) is 17.3 Å². The van der Waals surface area contributed by atoms with Crippen molar-refractivity contribution in [3.8, 4) is 11.4 Å². The quantitative estimate of drug-likeness (QED) is 0.538. The van der Waals surface area contributed by atoms with E-state index in [1.54, 1.807) is 30.3 Å². The molecular formula is C18H12F2N4O2S. The van der Waals surface area contributed by atoms with Crippen molar-refractivity contribution in [3.63, 3.8) is 0 Å². The van der Waals surface area contributed by atoms with E-state index in [0.717, 1.165) is 28.6 Å². The summed E-state index contributed by atoms with van der Waals surface area (Å²) < 4.78 is 53.7. The summed E-state index contributed by atoms with van der Waals surface area (Å²) in [7, 11) is -3.85. The summed E-state index contributed by atoms with van der Waals surface area (Å²) in [6.07, 6.45) is 4.13. The summed E-state index contributed by atoms with van der Waals surface area (Å²) in [5.41, 5.74) is 0.893. The van der Waals surface area contributed by atoms with Crippen LogP contribution in [0.3, 0.4) is 0 Å². The van der Waals surface area contributed by atoms with Gasteiger partial charge in [-0.15, -0.1) is 0 Å². The van der Waals surface area contributed by atoms with Gasteiger partial charge in [0, 0.05) is 17.1 Å². The molecule has 4 rings (SSSR count). The number of nitrogens with zero attached hydrogens (tertiary/aromatic N) is 4. The van der Waals surface area contributed by atoms with Crippen LogP contribution >= 0.6 is 0 Å². The standard InChI is InChI=1S/C18H12F2N4O2S/c19-13-6-15-16(17-21-8-14(20)9-22-17)10-24(18(15)23-7-13)27(25,26)11-12-4-2-1-3-5-12/h1-10H,11H2. The van der Waals surface area contributed by atoms with E-state index in [1.807, 2.05) is 0 Å². The van der Waals surface area contributed by atoms with Crippen molar-refractivity contribution in [2.75, 3.05) is 0 Å². The van der Waals surface area contributed by atoms with E-state index in [2.05, 4.69) is 15.0 Å². The molecule has 0 aliphatic heterocycles. The molecule has 0 aliphatic rings. The SMILES string of the molecule is O=S(=O)(Cc1ccccc1)n1cc(-c2ncc(F)cn2)c2cc(F)cnc21. The maximum absolute atomic E-state index is 13.7. The zero-order valence-corrected chi connectivity index (χ0v) is 14.6. The Kier molecular flexibility index (Phi) is 4.15. The van der Waals surface area contributed by atoms with E-state index in [-0.39, 0.29) is 28.2 Å². The zero-order chi connectivity index (χ0) is 19.0. The van der Waals surface area contributed by atoms with Crippen molar-refractivity contribution in [2.45, 2.75) is 5.75 Å². The van der Waals surface area contributed by atoms with Crippen molar-refractivity contribution >= 4 is 21.1 Å². The average Bonchev–Trinajstić information content (AvgIpc) is 3.02. The maximum atomic E-state index is 13.7. The monoisotopic (exact) mass is 386 g/mol. The van der Waals surface area contributed by atoms with Crippen LogP contribution in [0.2, 0.25) is 0 Å². The molecule has 0 N–H and O–H groups in total. The van der Waals surface area contributed by atoms with Crippen LogP contribution in [0.4, 0.5) is 8.78 Å². The van der Waals surface area contributed by atoms with Crippen LogP contribution in [0, 0.1) is 11.6 Å². The lowest BCUT2D eigenvalue weighted by Crippen LogP contribution is -2.14. The number of halogens is 2. The molecule has 136 valence electrons. The molecule has 0 radical (unpaired) electrons. The van der Waals surface area contributed by atoms with Gasteiger partial charge >= 0.3 is 0 Å². The number of aromatic nitrogens is 4. The lowest BCUT2D eigenvalue weighted by atomic mass is 10.2. The molecular weight excluding hydrogens is 374 g/mol. The molecule has 0 saturated heterocycles. The molecule has 0 amide bonds. The summed E-state index contributed by atoms with van der Waals surface area (Å²) in [5.74, 6) is -1.46. The van der Waals surface area contributed by atoms with E-state index in [4.69, 9.17) is 0 Å². The zero-order valence-electron chi connectivity index (χ0n) is 13.8. The summed E-state index contributed by atoms with van der Waals surface area (Å²) in [4.78, 5) is 11.7. The van der Waals surface area contributed by atoms with Crippen molar-refractivity contribution < 1.29 is 17.2 Å². The Balaban J connectivity index is 1.90. The van der Waals surface area contributed by atoms with Crippen LogP contribution < -0.4 is 0 Å². The van der Waals surface area contributed by atoms with Crippen LogP contribution in [0.15, 0.2) is 61.2 Å². The number of benzene rings is 1. The predicted molar refractivity (Wildman–Crippen MR) is 95.1 cm³/mol. The number of hydrogen-bond donors (Lipinski definition) is 0. The molecule has 1 aromatic carbocycles. The van der Waals surface area contributed by atoms with Gasteiger partial charge in [-0.2, -0.15) is 0 Å². The first kappa shape index (κ1) is 17.2. The molecule has 0 fully saturated rings. The second-order valence-corrected chi connectivity index (χ2v) is 7.68. The van der Waals surface area contributed by atoms with Gasteiger partial charge in [0.1, 0.15) is 5.82 Å². The van der Waals surface area contributed by atoms with Crippen molar-refractivity contribution in [3.05, 3.63) is 78.4 Å². The summed E-state index contributed by atoms with van der Waals surface area (Å²) in [6.45, 7) is 0. The van der Waals surface area contributed by atoms with Crippen LogP contribution in [-0.4, -0.2) is 27.3 Å². The molecule has 9 heteroatoms. The van der Waals surface area contributed by atoms with Gasteiger partial charge in [-0.05, 0) is 11.6 Å². The maximum Gasteiger partial charge on any atom is 0.244 e. The van der Waals surface area contributed by atoms with E-state index < -0.39 is 21.7 Å². The van der Waals surface area contributed by atoms with Crippen molar-refractivity contribution in [1.29, 1.82) is 0 Å².